The molecule has 1 atom stereocenters. The minimum absolute atomic E-state index is 0.169. The van der Waals surface area contributed by atoms with Crippen molar-refractivity contribution >= 4 is 28.8 Å². The zero-order valence-corrected chi connectivity index (χ0v) is 17.4. The number of nitrogens with zero attached hydrogens (tertiary/aromatic N) is 5. The molecule has 31 heavy (non-hydrogen) atoms. The molecule has 0 unspecified atom stereocenters. The fraction of sp³-hybridized carbons (Fsp3) is 0.227. The van der Waals surface area contributed by atoms with E-state index in [2.05, 4.69) is 20.3 Å². The Kier molecular flexibility index (Phi) is 4.88. The van der Waals surface area contributed by atoms with E-state index in [9.17, 15) is 9.90 Å². The molecule has 0 spiro atoms. The second-order valence-electron chi connectivity index (χ2n) is 7.74. The summed E-state index contributed by atoms with van der Waals surface area (Å²) in [7, 11) is 0. The van der Waals surface area contributed by atoms with Crippen LogP contribution >= 0.6 is 11.6 Å². The number of anilines is 1. The summed E-state index contributed by atoms with van der Waals surface area (Å²) < 4.78 is 3.62. The van der Waals surface area contributed by atoms with Crippen LogP contribution in [0.5, 0.6) is 0 Å². The average molecular weight is 437 g/mol. The predicted molar refractivity (Wildman–Crippen MR) is 118 cm³/mol. The first-order chi connectivity index (χ1) is 15.1. The Morgan fingerprint density at radius 1 is 1.16 bits per heavy atom. The highest BCUT2D eigenvalue weighted by Crippen LogP contribution is 2.28. The number of aliphatic hydroxyl groups excluding tert-OH is 1. The second-order valence-corrected chi connectivity index (χ2v) is 8.17. The van der Waals surface area contributed by atoms with Crippen molar-refractivity contribution in [3.8, 4) is 5.69 Å². The molecule has 2 N–H and O–H groups in total. The number of hydrogen-bond donors (Lipinski definition) is 2. The number of rotatable bonds is 5. The molecule has 1 amide bonds. The summed E-state index contributed by atoms with van der Waals surface area (Å²) in [5.41, 5.74) is 1.32. The Morgan fingerprint density at radius 2 is 2.00 bits per heavy atom. The smallest absolute Gasteiger partial charge is 0.272 e. The van der Waals surface area contributed by atoms with Crippen molar-refractivity contribution in [2.75, 3.05) is 24.6 Å². The number of amides is 1. The third-order valence-corrected chi connectivity index (χ3v) is 5.93. The van der Waals surface area contributed by atoms with E-state index in [1.54, 1.807) is 35.3 Å². The zero-order valence-electron chi connectivity index (χ0n) is 16.6. The fourth-order valence-corrected chi connectivity index (χ4v) is 4.14. The van der Waals surface area contributed by atoms with Crippen molar-refractivity contribution in [2.24, 2.45) is 0 Å². The molecule has 1 saturated heterocycles. The summed E-state index contributed by atoms with van der Waals surface area (Å²) in [6.45, 7) is 0.972. The van der Waals surface area contributed by atoms with E-state index >= 15 is 0 Å². The van der Waals surface area contributed by atoms with E-state index < -0.39 is 5.54 Å². The summed E-state index contributed by atoms with van der Waals surface area (Å²) >= 11 is 5.94. The van der Waals surface area contributed by atoms with E-state index in [1.165, 1.54) is 0 Å². The van der Waals surface area contributed by atoms with Crippen molar-refractivity contribution in [1.82, 2.24) is 24.5 Å². The largest absolute Gasteiger partial charge is 0.394 e. The molecule has 4 aromatic rings. The Balaban J connectivity index is 1.33. The molecule has 1 aliphatic heterocycles. The number of carbonyl (C=O) groups excluding carboxylic acids is 1. The molecular weight excluding hydrogens is 416 g/mol. The molecule has 3 aromatic heterocycles. The summed E-state index contributed by atoms with van der Waals surface area (Å²) in [5.74, 6) is 0.515. The van der Waals surface area contributed by atoms with Crippen LogP contribution in [-0.2, 0) is 0 Å². The lowest BCUT2D eigenvalue weighted by Crippen LogP contribution is -2.53. The highest BCUT2D eigenvalue weighted by atomic mass is 35.5. The SMILES string of the molecule is O=C(N[C@@]1(CO)CCN(c2nccn3cccc23)C1)c1ccn(-c2ccc(Cl)cc2)n1. The molecule has 1 fully saturated rings. The first-order valence-electron chi connectivity index (χ1n) is 9.99. The number of halogens is 1. The van der Waals surface area contributed by atoms with Gasteiger partial charge in [-0.05, 0) is 48.9 Å². The lowest BCUT2D eigenvalue weighted by Gasteiger charge is -2.28. The van der Waals surface area contributed by atoms with E-state index in [-0.39, 0.29) is 18.2 Å². The van der Waals surface area contributed by atoms with Crippen LogP contribution in [0.2, 0.25) is 5.02 Å². The van der Waals surface area contributed by atoms with Crippen LogP contribution < -0.4 is 10.2 Å². The molecule has 1 aromatic carbocycles. The average Bonchev–Trinajstić information content (AvgIpc) is 3.53. The maximum Gasteiger partial charge on any atom is 0.272 e. The van der Waals surface area contributed by atoms with Gasteiger partial charge >= 0.3 is 0 Å². The van der Waals surface area contributed by atoms with Gasteiger partial charge in [0.2, 0.25) is 0 Å². The van der Waals surface area contributed by atoms with Crippen molar-refractivity contribution in [3.05, 3.63) is 78.0 Å². The number of aromatic nitrogens is 4. The van der Waals surface area contributed by atoms with E-state index in [1.807, 2.05) is 41.1 Å². The molecule has 0 aliphatic carbocycles. The number of carbonyl (C=O) groups is 1. The van der Waals surface area contributed by atoms with Gasteiger partial charge in [0.1, 0.15) is 0 Å². The maximum absolute atomic E-state index is 12.9. The second kappa shape index (κ2) is 7.72. The summed E-state index contributed by atoms with van der Waals surface area (Å²) in [5, 5.41) is 18.2. The maximum atomic E-state index is 12.9. The minimum Gasteiger partial charge on any atom is -0.394 e. The molecule has 158 valence electrons. The van der Waals surface area contributed by atoms with Crippen molar-refractivity contribution in [2.45, 2.75) is 12.0 Å². The molecule has 0 radical (unpaired) electrons. The molecule has 0 bridgehead atoms. The van der Waals surface area contributed by atoms with Crippen LogP contribution in [0.4, 0.5) is 5.82 Å². The van der Waals surface area contributed by atoms with Crippen LogP contribution in [-0.4, -0.2) is 55.4 Å². The van der Waals surface area contributed by atoms with Gasteiger partial charge in [-0.1, -0.05) is 11.6 Å². The standard InChI is InChI=1S/C22H21ClN6O2/c23-16-3-5-17(6-4-16)29-11-7-18(26-29)21(31)25-22(15-30)8-12-28(14-22)20-19-2-1-10-27(19)13-9-24-20/h1-7,9-11,13,30H,8,12,14-15H2,(H,25,31)/t22-/m0/s1. The van der Waals surface area contributed by atoms with Crippen molar-refractivity contribution in [3.63, 3.8) is 0 Å². The van der Waals surface area contributed by atoms with Gasteiger partial charge in [-0.3, -0.25) is 4.79 Å². The molecular formula is C22H21ClN6O2. The number of benzene rings is 1. The molecule has 9 heteroatoms. The Bertz CT molecular complexity index is 1230. The third kappa shape index (κ3) is 3.64. The molecule has 5 rings (SSSR count). The number of nitrogens with one attached hydrogen (secondary N) is 1. The van der Waals surface area contributed by atoms with Crippen molar-refractivity contribution < 1.29 is 9.90 Å². The van der Waals surface area contributed by atoms with Crippen LogP contribution in [0.25, 0.3) is 11.2 Å². The number of hydrogen-bond acceptors (Lipinski definition) is 5. The quantitative estimate of drug-likeness (QED) is 0.502. The van der Waals surface area contributed by atoms with Gasteiger partial charge in [0.25, 0.3) is 5.91 Å². The van der Waals surface area contributed by atoms with Gasteiger partial charge in [-0.2, -0.15) is 5.10 Å². The minimum atomic E-state index is -0.762. The number of aliphatic hydroxyl groups is 1. The van der Waals surface area contributed by atoms with Crippen LogP contribution in [0.1, 0.15) is 16.9 Å². The zero-order chi connectivity index (χ0) is 21.4. The van der Waals surface area contributed by atoms with Gasteiger partial charge < -0.3 is 19.7 Å². The lowest BCUT2D eigenvalue weighted by molar-refractivity contribution is 0.0849. The van der Waals surface area contributed by atoms with Gasteiger partial charge in [0, 0.05) is 42.9 Å². The van der Waals surface area contributed by atoms with Crippen LogP contribution in [0.15, 0.2) is 67.3 Å². The van der Waals surface area contributed by atoms with E-state index in [0.29, 0.717) is 24.5 Å². The third-order valence-electron chi connectivity index (χ3n) is 5.68. The van der Waals surface area contributed by atoms with Gasteiger partial charge in [-0.25, -0.2) is 9.67 Å². The van der Waals surface area contributed by atoms with E-state index in [4.69, 9.17) is 11.6 Å². The summed E-state index contributed by atoms with van der Waals surface area (Å²) in [6, 6.07) is 12.8. The van der Waals surface area contributed by atoms with Crippen LogP contribution in [0.3, 0.4) is 0 Å². The fourth-order valence-electron chi connectivity index (χ4n) is 4.01. The number of fused-ring (bicyclic) bond motifs is 1. The topological polar surface area (TPSA) is 87.7 Å². The lowest BCUT2D eigenvalue weighted by atomic mass is 9.99. The molecule has 0 saturated carbocycles. The first-order valence-corrected chi connectivity index (χ1v) is 10.4. The van der Waals surface area contributed by atoms with Crippen LogP contribution in [0, 0.1) is 0 Å². The van der Waals surface area contributed by atoms with Crippen molar-refractivity contribution in [1.29, 1.82) is 0 Å². The molecule has 4 heterocycles. The summed E-state index contributed by atoms with van der Waals surface area (Å²) in [6.07, 6.45) is 7.95. The predicted octanol–water partition coefficient (Wildman–Crippen LogP) is 2.54. The summed E-state index contributed by atoms with van der Waals surface area (Å²) in [4.78, 5) is 19.5. The highest BCUT2D eigenvalue weighted by Gasteiger charge is 2.40. The first kappa shape index (κ1) is 19.6. The monoisotopic (exact) mass is 436 g/mol. The Labute approximate surface area is 183 Å². The Morgan fingerprint density at radius 3 is 2.81 bits per heavy atom. The van der Waals surface area contributed by atoms with Gasteiger partial charge in [0.05, 0.1) is 23.3 Å². The molecule has 1 aliphatic rings. The normalized spacial score (nSPS) is 18.6. The van der Waals surface area contributed by atoms with Gasteiger partial charge in [0.15, 0.2) is 11.5 Å². The Hall–Kier alpha value is -3.36. The van der Waals surface area contributed by atoms with Gasteiger partial charge in [-0.15, -0.1) is 0 Å². The molecule has 8 nitrogen and oxygen atoms in total. The highest BCUT2D eigenvalue weighted by molar-refractivity contribution is 6.30. The van der Waals surface area contributed by atoms with E-state index in [0.717, 1.165) is 17.0 Å².